The SMILES string of the molecule is COc1ccccc1CN.NCCCC[C@H](N)C(=O)O.O=C(O)CC1CC2CCC1C2.O=Cc1ccc([N+](=O)[O-])cc1. The van der Waals surface area contributed by atoms with E-state index in [2.05, 4.69) is 0 Å². The largest absolute Gasteiger partial charge is 0.496 e. The first-order valence-electron chi connectivity index (χ1n) is 14.0. The summed E-state index contributed by atoms with van der Waals surface area (Å²) in [6, 6.07) is 12.4. The number of carbonyl (C=O) groups is 3. The van der Waals surface area contributed by atoms with E-state index in [4.69, 9.17) is 32.2 Å². The molecule has 2 aromatic carbocycles. The Morgan fingerprint density at radius 2 is 1.74 bits per heavy atom. The van der Waals surface area contributed by atoms with Crippen LogP contribution in [0.2, 0.25) is 0 Å². The maximum atomic E-state index is 10.4. The number of hydrogen-bond donors (Lipinski definition) is 5. The Balaban J connectivity index is 0.000000280. The number of carbonyl (C=O) groups excluding carboxylic acids is 1. The predicted octanol–water partition coefficient (Wildman–Crippen LogP) is 3.99. The molecule has 0 radical (unpaired) electrons. The van der Waals surface area contributed by atoms with Crippen molar-refractivity contribution in [2.24, 2.45) is 35.0 Å². The van der Waals surface area contributed by atoms with E-state index < -0.39 is 22.9 Å². The summed E-state index contributed by atoms with van der Waals surface area (Å²) >= 11 is 0. The Morgan fingerprint density at radius 1 is 1.07 bits per heavy atom. The number of ether oxygens (including phenoxy) is 1. The van der Waals surface area contributed by atoms with Crippen molar-refractivity contribution in [1.29, 1.82) is 0 Å². The molecular weight excluding hydrogens is 544 g/mol. The van der Waals surface area contributed by atoms with Gasteiger partial charge >= 0.3 is 11.9 Å². The Hall–Kier alpha value is -3.87. The van der Waals surface area contributed by atoms with E-state index in [0.717, 1.165) is 36.0 Å². The molecule has 4 rings (SSSR count). The van der Waals surface area contributed by atoms with Gasteiger partial charge in [0.2, 0.25) is 0 Å². The van der Waals surface area contributed by atoms with Gasteiger partial charge in [0.15, 0.2) is 0 Å². The number of aliphatic carboxylic acids is 2. The zero-order chi connectivity index (χ0) is 31.5. The van der Waals surface area contributed by atoms with Gasteiger partial charge in [-0.1, -0.05) is 31.0 Å². The number of para-hydroxylation sites is 1. The van der Waals surface area contributed by atoms with Crippen molar-refractivity contribution in [2.45, 2.75) is 64.0 Å². The summed E-state index contributed by atoms with van der Waals surface area (Å²) in [6.45, 7) is 1.14. The lowest BCUT2D eigenvalue weighted by atomic mass is 9.86. The number of non-ortho nitro benzene ring substituents is 1. The average Bonchev–Trinajstić information content (AvgIpc) is 3.61. The molecule has 0 spiro atoms. The predicted molar refractivity (Wildman–Crippen MR) is 159 cm³/mol. The highest BCUT2D eigenvalue weighted by Crippen LogP contribution is 2.49. The molecular formula is C30H44N4O8. The van der Waals surface area contributed by atoms with E-state index in [-0.39, 0.29) is 5.69 Å². The van der Waals surface area contributed by atoms with Crippen LogP contribution in [0.3, 0.4) is 0 Å². The molecule has 2 aromatic rings. The first-order chi connectivity index (χ1) is 20.1. The average molecular weight is 589 g/mol. The Morgan fingerprint density at radius 3 is 2.17 bits per heavy atom. The highest BCUT2D eigenvalue weighted by molar-refractivity contribution is 5.75. The molecule has 12 heteroatoms. The second-order valence-corrected chi connectivity index (χ2v) is 10.2. The van der Waals surface area contributed by atoms with Crippen molar-refractivity contribution < 1.29 is 34.3 Å². The molecule has 3 unspecified atom stereocenters. The highest BCUT2D eigenvalue weighted by atomic mass is 16.6. The molecule has 0 aliphatic heterocycles. The number of fused-ring (bicyclic) bond motifs is 2. The van der Waals surface area contributed by atoms with Crippen LogP contribution in [0.1, 0.15) is 67.3 Å². The summed E-state index contributed by atoms with van der Waals surface area (Å²) in [4.78, 5) is 40.3. The summed E-state index contributed by atoms with van der Waals surface area (Å²) in [5.74, 6) is 1.48. The van der Waals surface area contributed by atoms with Crippen LogP contribution in [0.5, 0.6) is 5.75 Å². The third-order valence-corrected chi connectivity index (χ3v) is 7.26. The maximum absolute atomic E-state index is 10.4. The smallest absolute Gasteiger partial charge is 0.320 e. The normalized spacial score (nSPS) is 18.5. The van der Waals surface area contributed by atoms with Crippen molar-refractivity contribution in [3.8, 4) is 5.75 Å². The van der Waals surface area contributed by atoms with Crippen LogP contribution in [0, 0.1) is 27.9 Å². The van der Waals surface area contributed by atoms with E-state index in [9.17, 15) is 24.5 Å². The molecule has 2 fully saturated rings. The van der Waals surface area contributed by atoms with E-state index >= 15 is 0 Å². The van der Waals surface area contributed by atoms with E-state index in [0.29, 0.717) is 43.7 Å². The molecule has 12 nitrogen and oxygen atoms in total. The van der Waals surface area contributed by atoms with Gasteiger partial charge in [-0.15, -0.1) is 0 Å². The van der Waals surface area contributed by atoms with E-state index in [1.54, 1.807) is 7.11 Å². The fraction of sp³-hybridized carbons (Fsp3) is 0.500. The molecule has 0 saturated heterocycles. The van der Waals surface area contributed by atoms with Crippen molar-refractivity contribution in [1.82, 2.24) is 0 Å². The van der Waals surface area contributed by atoms with Gasteiger partial charge in [-0.3, -0.25) is 24.5 Å². The summed E-state index contributed by atoms with van der Waals surface area (Å²) in [7, 11) is 1.65. The van der Waals surface area contributed by atoms with Crippen LogP contribution in [-0.2, 0) is 16.1 Å². The van der Waals surface area contributed by atoms with E-state index in [1.165, 1.54) is 49.9 Å². The fourth-order valence-corrected chi connectivity index (χ4v) is 5.03. The first-order valence-corrected chi connectivity index (χ1v) is 14.0. The monoisotopic (exact) mass is 588 g/mol. The molecule has 232 valence electrons. The molecule has 8 N–H and O–H groups in total. The number of rotatable bonds is 11. The number of methoxy groups -OCH3 is 1. The van der Waals surface area contributed by atoms with Gasteiger partial charge in [-0.25, -0.2) is 0 Å². The summed E-state index contributed by atoms with van der Waals surface area (Å²) < 4.78 is 5.06. The van der Waals surface area contributed by atoms with Gasteiger partial charge in [-0.2, -0.15) is 0 Å². The Bertz CT molecular complexity index is 1090. The van der Waals surface area contributed by atoms with Gasteiger partial charge in [0, 0.05) is 36.2 Å². The fourth-order valence-electron chi connectivity index (χ4n) is 5.03. The molecule has 0 heterocycles. The van der Waals surface area contributed by atoms with E-state index in [1.807, 2.05) is 24.3 Å². The molecule has 4 atom stereocenters. The number of benzene rings is 2. The standard InChI is InChI=1S/C9H14O2.C8H11NO.C7H5NO3.C6H14N2O2/c10-9(11)5-8-4-6-1-2-7(8)3-6;1-10-8-5-3-2-4-7(8)6-9;9-5-6-1-3-7(4-2-6)8(10)11;7-4-2-1-3-5(8)6(9)10/h6-8H,1-5H2,(H,10,11);2-5H,6,9H2,1H3;1-5H;5H,1-4,7-8H2,(H,9,10)/t;;;5-/m...0/s1. The molecule has 2 saturated carbocycles. The lowest BCUT2D eigenvalue weighted by Gasteiger charge is -2.18. The quantitative estimate of drug-likeness (QED) is 0.109. The Kier molecular flexibility index (Phi) is 17.3. The summed E-state index contributed by atoms with van der Waals surface area (Å²) in [5.41, 5.74) is 17.3. The maximum Gasteiger partial charge on any atom is 0.320 e. The van der Waals surface area contributed by atoms with Crippen LogP contribution < -0.4 is 21.9 Å². The first kappa shape index (κ1) is 36.2. The lowest BCUT2D eigenvalue weighted by molar-refractivity contribution is -0.384. The number of hydrogen-bond acceptors (Lipinski definition) is 9. The van der Waals surface area contributed by atoms with Gasteiger partial charge < -0.3 is 32.2 Å². The second kappa shape index (κ2) is 20.1. The van der Waals surface area contributed by atoms with Crippen molar-refractivity contribution in [3.05, 3.63) is 69.8 Å². The summed E-state index contributed by atoms with van der Waals surface area (Å²) in [6.07, 6.45) is 8.39. The summed E-state index contributed by atoms with van der Waals surface area (Å²) in [5, 5.41) is 27.0. The number of nitro groups is 1. The van der Waals surface area contributed by atoms with Gasteiger partial charge in [0.05, 0.1) is 12.0 Å². The molecule has 42 heavy (non-hydrogen) atoms. The number of nitro benzene ring substituents is 1. The number of nitrogens with two attached hydrogens (primary N) is 3. The lowest BCUT2D eigenvalue weighted by Crippen LogP contribution is -2.29. The second-order valence-electron chi connectivity index (χ2n) is 10.2. The molecule has 0 amide bonds. The van der Waals surface area contributed by atoms with Crippen molar-refractivity contribution >= 4 is 23.9 Å². The zero-order valence-electron chi connectivity index (χ0n) is 24.1. The molecule has 0 aromatic heterocycles. The molecule has 2 aliphatic carbocycles. The number of carboxylic acids is 2. The Labute approximate surface area is 246 Å². The van der Waals surface area contributed by atoms with Crippen LogP contribution in [0.25, 0.3) is 0 Å². The number of unbranched alkanes of at least 4 members (excludes halogenated alkanes) is 1. The minimum atomic E-state index is -0.933. The van der Waals surface area contributed by atoms with Crippen LogP contribution in [0.4, 0.5) is 5.69 Å². The highest BCUT2D eigenvalue weighted by Gasteiger charge is 2.40. The van der Waals surface area contributed by atoms with Gasteiger partial charge in [0.1, 0.15) is 18.1 Å². The minimum absolute atomic E-state index is 0.00407. The number of aldehydes is 1. The van der Waals surface area contributed by atoms with Crippen molar-refractivity contribution in [2.75, 3.05) is 13.7 Å². The van der Waals surface area contributed by atoms with Crippen LogP contribution in [-0.4, -0.2) is 53.1 Å². The third kappa shape index (κ3) is 13.7. The van der Waals surface area contributed by atoms with Crippen molar-refractivity contribution in [3.63, 3.8) is 0 Å². The van der Waals surface area contributed by atoms with Gasteiger partial charge in [0.25, 0.3) is 5.69 Å². The zero-order valence-corrected chi connectivity index (χ0v) is 24.1. The topological polar surface area (TPSA) is 222 Å². The van der Waals surface area contributed by atoms with Crippen LogP contribution in [0.15, 0.2) is 48.5 Å². The number of carboxylic acid groups (broad SMARTS) is 2. The minimum Gasteiger partial charge on any atom is -0.496 e. The van der Waals surface area contributed by atoms with Gasteiger partial charge in [-0.05, 0) is 74.6 Å². The number of nitrogens with zero attached hydrogens (tertiary/aromatic N) is 1. The molecule has 2 aliphatic rings. The van der Waals surface area contributed by atoms with Crippen LogP contribution >= 0.6 is 0 Å². The molecule has 2 bridgehead atoms. The third-order valence-electron chi connectivity index (χ3n) is 7.26.